The van der Waals surface area contributed by atoms with Crippen molar-refractivity contribution in [2.24, 2.45) is 11.8 Å². The van der Waals surface area contributed by atoms with Crippen LogP contribution in [0.5, 0.6) is 0 Å². The maximum absolute atomic E-state index is 13.9. The maximum atomic E-state index is 13.9. The number of aliphatic hydroxyl groups is 1. The number of rotatable bonds is 15. The molecule has 0 aliphatic carbocycles. The Morgan fingerprint density at radius 2 is 2.00 bits per heavy atom. The SMILES string of the molecule is C=CCCCCOC(=O)[C@H]1[C@H]2C(=O)N(CCO)C(C(=O)N(CC=C)CCCC)C23CC[C@]1(CC)O3. The number of unbranched alkanes of at least 4 members (excludes halogenated alkanes) is 3. The van der Waals surface area contributed by atoms with Crippen LogP contribution in [0.3, 0.4) is 0 Å². The third-order valence-corrected chi connectivity index (χ3v) is 8.00. The van der Waals surface area contributed by atoms with Gasteiger partial charge in [0, 0.05) is 19.6 Å². The van der Waals surface area contributed by atoms with Crippen LogP contribution in [-0.2, 0) is 23.9 Å². The van der Waals surface area contributed by atoms with Crippen LogP contribution >= 0.6 is 0 Å². The fourth-order valence-electron chi connectivity index (χ4n) is 6.33. The highest BCUT2D eigenvalue weighted by molar-refractivity contribution is 5.98. The average molecular weight is 491 g/mol. The summed E-state index contributed by atoms with van der Waals surface area (Å²) in [5, 5.41) is 9.74. The van der Waals surface area contributed by atoms with Crippen molar-refractivity contribution >= 4 is 17.8 Å². The molecule has 8 nitrogen and oxygen atoms in total. The van der Waals surface area contributed by atoms with Crippen molar-refractivity contribution in [1.82, 2.24) is 9.80 Å². The summed E-state index contributed by atoms with van der Waals surface area (Å²) in [6.45, 7) is 12.5. The first-order valence-electron chi connectivity index (χ1n) is 13.2. The van der Waals surface area contributed by atoms with Gasteiger partial charge in [-0.2, -0.15) is 0 Å². The van der Waals surface area contributed by atoms with E-state index >= 15 is 0 Å². The van der Waals surface area contributed by atoms with Crippen molar-refractivity contribution in [3.8, 4) is 0 Å². The van der Waals surface area contributed by atoms with Gasteiger partial charge < -0.3 is 24.4 Å². The molecule has 1 N–H and O–H groups in total. The molecule has 3 aliphatic heterocycles. The Labute approximate surface area is 209 Å². The fourth-order valence-corrected chi connectivity index (χ4v) is 6.33. The van der Waals surface area contributed by atoms with Crippen molar-refractivity contribution in [3.05, 3.63) is 25.3 Å². The van der Waals surface area contributed by atoms with E-state index in [4.69, 9.17) is 9.47 Å². The molecule has 0 aromatic rings. The number of fused-ring (bicyclic) bond motifs is 1. The second-order valence-electron chi connectivity index (χ2n) is 9.97. The lowest BCUT2D eigenvalue weighted by Gasteiger charge is -2.36. The summed E-state index contributed by atoms with van der Waals surface area (Å²) in [4.78, 5) is 44.3. The summed E-state index contributed by atoms with van der Waals surface area (Å²) in [6, 6.07) is -0.872. The van der Waals surface area contributed by atoms with Crippen molar-refractivity contribution in [1.29, 1.82) is 0 Å². The fraction of sp³-hybridized carbons (Fsp3) is 0.741. The monoisotopic (exact) mass is 490 g/mol. The van der Waals surface area contributed by atoms with Gasteiger partial charge in [-0.05, 0) is 44.9 Å². The largest absolute Gasteiger partial charge is 0.465 e. The smallest absolute Gasteiger partial charge is 0.312 e. The van der Waals surface area contributed by atoms with Gasteiger partial charge in [0.15, 0.2) is 0 Å². The van der Waals surface area contributed by atoms with E-state index in [0.717, 1.165) is 32.1 Å². The average Bonchev–Trinajstić information content (AvgIpc) is 3.45. The molecule has 3 heterocycles. The molecule has 3 aliphatic rings. The Kier molecular flexibility index (Phi) is 9.16. The molecule has 3 rings (SSSR count). The third kappa shape index (κ3) is 4.79. The Hall–Kier alpha value is -2.19. The molecule has 0 aromatic carbocycles. The van der Waals surface area contributed by atoms with Crippen LogP contribution in [0, 0.1) is 11.8 Å². The highest BCUT2D eigenvalue weighted by Gasteiger charge is 2.79. The van der Waals surface area contributed by atoms with Gasteiger partial charge in [0.2, 0.25) is 11.8 Å². The van der Waals surface area contributed by atoms with Crippen LogP contribution in [0.1, 0.15) is 65.2 Å². The number of carbonyl (C=O) groups excluding carboxylic acids is 3. The number of nitrogens with zero attached hydrogens (tertiary/aromatic N) is 2. The van der Waals surface area contributed by atoms with Crippen LogP contribution in [-0.4, -0.2) is 82.8 Å². The van der Waals surface area contributed by atoms with Gasteiger partial charge >= 0.3 is 5.97 Å². The van der Waals surface area contributed by atoms with Gasteiger partial charge in [-0.3, -0.25) is 14.4 Å². The number of ether oxygens (including phenoxy) is 2. The van der Waals surface area contributed by atoms with Gasteiger partial charge in [0.1, 0.15) is 17.6 Å². The molecule has 196 valence electrons. The standard InChI is InChI=1S/C27H42N2O6/c1-5-9-11-12-19-34-25(33)21-20-23(31)29(17-18-30)22(24(32)28(15-7-3)16-10-6-2)27(20)14-13-26(21,8-4)35-27/h5,7,20-22,30H,1,3,6,8-19H2,2,4H3/t20-,21+,22?,26-,27?/m0/s1. The number of carbonyl (C=O) groups is 3. The highest BCUT2D eigenvalue weighted by Crippen LogP contribution is 2.64. The lowest BCUT2D eigenvalue weighted by molar-refractivity contribution is -0.162. The van der Waals surface area contributed by atoms with Crippen LogP contribution in [0.15, 0.2) is 25.3 Å². The van der Waals surface area contributed by atoms with E-state index in [2.05, 4.69) is 20.1 Å². The molecule has 1 spiro atoms. The number of likely N-dealkylation sites (tertiary alicyclic amines) is 1. The number of aliphatic hydroxyl groups excluding tert-OH is 1. The van der Waals surface area contributed by atoms with Gasteiger partial charge in [-0.25, -0.2) is 0 Å². The van der Waals surface area contributed by atoms with E-state index in [0.29, 0.717) is 32.4 Å². The molecule has 0 aromatic heterocycles. The van der Waals surface area contributed by atoms with Crippen molar-refractivity contribution in [2.45, 2.75) is 82.5 Å². The molecular formula is C27H42N2O6. The Balaban J connectivity index is 1.93. The van der Waals surface area contributed by atoms with Crippen molar-refractivity contribution < 1.29 is 29.0 Å². The molecule has 0 saturated carbocycles. The van der Waals surface area contributed by atoms with E-state index in [9.17, 15) is 19.5 Å². The highest BCUT2D eigenvalue weighted by atomic mass is 16.6. The number of allylic oxidation sites excluding steroid dienone is 1. The molecule has 2 bridgehead atoms. The maximum Gasteiger partial charge on any atom is 0.312 e. The van der Waals surface area contributed by atoms with Crippen molar-refractivity contribution in [3.63, 3.8) is 0 Å². The molecule has 3 fully saturated rings. The quantitative estimate of drug-likeness (QED) is 0.215. The molecule has 8 heteroatoms. The zero-order chi connectivity index (χ0) is 25.6. The topological polar surface area (TPSA) is 96.4 Å². The van der Waals surface area contributed by atoms with Gasteiger partial charge in [0.25, 0.3) is 0 Å². The number of hydrogen-bond acceptors (Lipinski definition) is 6. The lowest BCUT2D eigenvalue weighted by atomic mass is 9.65. The molecule has 0 radical (unpaired) electrons. The minimum Gasteiger partial charge on any atom is -0.465 e. The molecule has 3 saturated heterocycles. The van der Waals surface area contributed by atoms with E-state index in [1.807, 2.05) is 13.0 Å². The van der Waals surface area contributed by atoms with Gasteiger partial charge in [0.05, 0.1) is 24.7 Å². The summed E-state index contributed by atoms with van der Waals surface area (Å²) in [6.07, 6.45) is 9.40. The lowest BCUT2D eigenvalue weighted by Crippen LogP contribution is -2.56. The molecular weight excluding hydrogens is 448 g/mol. The molecule has 5 atom stereocenters. The van der Waals surface area contributed by atoms with Crippen LogP contribution in [0.4, 0.5) is 0 Å². The first-order chi connectivity index (χ1) is 16.9. The van der Waals surface area contributed by atoms with Gasteiger partial charge in [-0.15, -0.1) is 13.2 Å². The summed E-state index contributed by atoms with van der Waals surface area (Å²) >= 11 is 0. The predicted molar refractivity (Wildman–Crippen MR) is 132 cm³/mol. The van der Waals surface area contributed by atoms with Crippen molar-refractivity contribution in [2.75, 3.05) is 32.8 Å². The third-order valence-electron chi connectivity index (χ3n) is 8.00. The Morgan fingerprint density at radius 1 is 1.23 bits per heavy atom. The predicted octanol–water partition coefficient (Wildman–Crippen LogP) is 2.85. The number of amides is 2. The second kappa shape index (κ2) is 11.7. The van der Waals surface area contributed by atoms with E-state index in [1.54, 1.807) is 11.0 Å². The van der Waals surface area contributed by atoms with E-state index in [-0.39, 0.29) is 31.6 Å². The zero-order valence-electron chi connectivity index (χ0n) is 21.4. The Bertz CT molecular complexity index is 815. The minimum absolute atomic E-state index is 0.0228. The number of esters is 1. The molecule has 2 amide bonds. The zero-order valence-corrected chi connectivity index (χ0v) is 21.4. The first kappa shape index (κ1) is 27.4. The Morgan fingerprint density at radius 3 is 2.63 bits per heavy atom. The minimum atomic E-state index is -1.09. The number of β-amino-alcohol motifs (C(OH)–C–C–N with tert-alkyl or cyclic N) is 1. The summed E-state index contributed by atoms with van der Waals surface area (Å²) in [5.74, 6) is -2.45. The summed E-state index contributed by atoms with van der Waals surface area (Å²) < 4.78 is 12.3. The van der Waals surface area contributed by atoms with Crippen LogP contribution in [0.2, 0.25) is 0 Å². The van der Waals surface area contributed by atoms with Crippen LogP contribution in [0.25, 0.3) is 0 Å². The van der Waals surface area contributed by atoms with Crippen LogP contribution < -0.4 is 0 Å². The molecule has 35 heavy (non-hydrogen) atoms. The molecule has 2 unspecified atom stereocenters. The first-order valence-corrected chi connectivity index (χ1v) is 13.2. The number of hydrogen-bond donors (Lipinski definition) is 1. The second-order valence-corrected chi connectivity index (χ2v) is 9.97. The van der Waals surface area contributed by atoms with E-state index in [1.165, 1.54) is 4.90 Å². The summed E-state index contributed by atoms with van der Waals surface area (Å²) in [7, 11) is 0. The normalized spacial score (nSPS) is 30.9. The van der Waals surface area contributed by atoms with Gasteiger partial charge in [-0.1, -0.05) is 32.4 Å². The van der Waals surface area contributed by atoms with E-state index < -0.39 is 35.0 Å². The summed E-state index contributed by atoms with van der Waals surface area (Å²) in [5.41, 5.74) is -1.90.